The molecule has 0 fully saturated rings. The summed E-state index contributed by atoms with van der Waals surface area (Å²) in [6.45, 7) is -3.03. The number of non-ortho nitro benzene ring substituents is 1. The van der Waals surface area contributed by atoms with Crippen LogP contribution in [0.25, 0.3) is 21.9 Å². The SMILES string of the molecule is O=c1c2ccc([N+](=O)[O-])cc2ncn1Cc1nc2ccccc2n1C(F)F. The topological polar surface area (TPSA) is 95.8 Å². The summed E-state index contributed by atoms with van der Waals surface area (Å²) in [5.74, 6) is 0.0105. The highest BCUT2D eigenvalue weighted by atomic mass is 19.3. The van der Waals surface area contributed by atoms with Crippen LogP contribution < -0.4 is 5.56 Å². The zero-order valence-corrected chi connectivity index (χ0v) is 13.6. The van der Waals surface area contributed by atoms with E-state index in [2.05, 4.69) is 9.97 Å². The average molecular weight is 371 g/mol. The molecule has 0 aliphatic carbocycles. The summed E-state index contributed by atoms with van der Waals surface area (Å²) >= 11 is 0. The number of hydrogen-bond donors (Lipinski definition) is 0. The molecule has 0 N–H and O–H groups in total. The summed E-state index contributed by atoms with van der Waals surface area (Å²) < 4.78 is 29.0. The van der Waals surface area contributed by atoms with E-state index in [0.29, 0.717) is 5.52 Å². The molecule has 0 saturated carbocycles. The predicted octanol–water partition coefficient (Wildman–Crippen LogP) is 3.10. The van der Waals surface area contributed by atoms with Gasteiger partial charge in [-0.3, -0.25) is 24.0 Å². The van der Waals surface area contributed by atoms with Crippen LogP contribution in [0, 0.1) is 10.1 Å². The number of nitro benzene ring substituents is 1. The van der Waals surface area contributed by atoms with Crippen LogP contribution in [-0.2, 0) is 6.54 Å². The second kappa shape index (κ2) is 6.24. The molecule has 2 aromatic heterocycles. The first-order valence-electron chi connectivity index (χ1n) is 7.83. The van der Waals surface area contributed by atoms with Gasteiger partial charge in [-0.05, 0) is 18.2 Å². The van der Waals surface area contributed by atoms with Crippen molar-refractivity contribution in [3.8, 4) is 0 Å². The maximum atomic E-state index is 13.5. The molecule has 0 amide bonds. The van der Waals surface area contributed by atoms with E-state index in [4.69, 9.17) is 0 Å². The van der Waals surface area contributed by atoms with Crippen molar-refractivity contribution in [1.29, 1.82) is 0 Å². The van der Waals surface area contributed by atoms with E-state index in [-0.39, 0.29) is 34.5 Å². The van der Waals surface area contributed by atoms with Gasteiger partial charge in [-0.1, -0.05) is 12.1 Å². The molecular formula is C17H11F2N5O3. The number of benzene rings is 2. The van der Waals surface area contributed by atoms with Crippen molar-refractivity contribution in [3.05, 3.63) is 75.1 Å². The maximum absolute atomic E-state index is 13.5. The van der Waals surface area contributed by atoms with Gasteiger partial charge in [0.05, 0.1) is 39.7 Å². The molecular weight excluding hydrogens is 360 g/mol. The van der Waals surface area contributed by atoms with Gasteiger partial charge in [0.1, 0.15) is 5.82 Å². The molecule has 8 nitrogen and oxygen atoms in total. The van der Waals surface area contributed by atoms with Gasteiger partial charge in [-0.2, -0.15) is 8.78 Å². The lowest BCUT2D eigenvalue weighted by Crippen LogP contribution is -2.23. The summed E-state index contributed by atoms with van der Waals surface area (Å²) in [5.41, 5.74) is 0.132. The standard InChI is InChI=1S/C17H11F2N5O3/c18-17(19)23-14-4-2-1-3-12(14)21-15(23)8-22-9-20-13-7-10(24(26)27)5-6-11(13)16(22)25/h1-7,9,17H,8H2. The van der Waals surface area contributed by atoms with E-state index in [1.165, 1.54) is 30.6 Å². The Hall–Kier alpha value is -3.69. The number of aromatic nitrogens is 4. The summed E-state index contributed by atoms with van der Waals surface area (Å²) in [7, 11) is 0. The lowest BCUT2D eigenvalue weighted by molar-refractivity contribution is -0.384. The number of hydrogen-bond acceptors (Lipinski definition) is 5. The third-order valence-electron chi connectivity index (χ3n) is 4.20. The van der Waals surface area contributed by atoms with E-state index in [0.717, 1.165) is 9.13 Å². The fourth-order valence-electron chi connectivity index (χ4n) is 2.95. The van der Waals surface area contributed by atoms with Crippen LogP contribution in [0.4, 0.5) is 14.5 Å². The highest BCUT2D eigenvalue weighted by Crippen LogP contribution is 2.23. The lowest BCUT2D eigenvalue weighted by Gasteiger charge is -2.09. The van der Waals surface area contributed by atoms with E-state index >= 15 is 0 Å². The van der Waals surface area contributed by atoms with Gasteiger partial charge in [-0.25, -0.2) is 9.97 Å². The summed E-state index contributed by atoms with van der Waals surface area (Å²) in [4.78, 5) is 31.1. The second-order valence-electron chi connectivity index (χ2n) is 5.80. The Balaban J connectivity index is 1.82. The van der Waals surface area contributed by atoms with Crippen molar-refractivity contribution >= 4 is 27.6 Å². The highest BCUT2D eigenvalue weighted by Gasteiger charge is 2.19. The number of nitro groups is 1. The van der Waals surface area contributed by atoms with Crippen LogP contribution in [0.2, 0.25) is 0 Å². The Morgan fingerprint density at radius 1 is 1.15 bits per heavy atom. The van der Waals surface area contributed by atoms with Crippen LogP contribution in [0.3, 0.4) is 0 Å². The van der Waals surface area contributed by atoms with Gasteiger partial charge >= 0.3 is 6.55 Å². The summed E-state index contributed by atoms with van der Waals surface area (Å²) in [5, 5.41) is 11.0. The molecule has 4 rings (SSSR count). The number of fused-ring (bicyclic) bond motifs is 2. The molecule has 2 aromatic carbocycles. The second-order valence-corrected chi connectivity index (χ2v) is 5.80. The van der Waals surface area contributed by atoms with Gasteiger partial charge in [0.25, 0.3) is 11.2 Å². The third kappa shape index (κ3) is 2.80. The molecule has 0 aliphatic heterocycles. The monoisotopic (exact) mass is 371 g/mol. The number of imidazole rings is 1. The smallest absolute Gasteiger partial charge is 0.291 e. The fraction of sp³-hybridized carbons (Fsp3) is 0.118. The van der Waals surface area contributed by atoms with E-state index in [1.807, 2.05) is 0 Å². The number of nitrogens with zero attached hydrogens (tertiary/aromatic N) is 5. The molecule has 0 atom stereocenters. The minimum atomic E-state index is -2.82. The Bertz CT molecular complexity index is 1250. The first-order valence-corrected chi connectivity index (χ1v) is 7.83. The van der Waals surface area contributed by atoms with Gasteiger partial charge in [-0.15, -0.1) is 0 Å². The molecule has 2 heterocycles. The van der Waals surface area contributed by atoms with E-state index in [1.54, 1.807) is 18.2 Å². The van der Waals surface area contributed by atoms with Gasteiger partial charge in [0.2, 0.25) is 0 Å². The number of para-hydroxylation sites is 2. The molecule has 0 saturated heterocycles. The Morgan fingerprint density at radius 3 is 2.67 bits per heavy atom. The van der Waals surface area contributed by atoms with Crippen molar-refractivity contribution in [3.63, 3.8) is 0 Å². The Kier molecular flexibility index (Phi) is 3.87. The molecule has 0 spiro atoms. The normalized spacial score (nSPS) is 11.5. The summed E-state index contributed by atoms with van der Waals surface area (Å²) in [6, 6.07) is 10.1. The van der Waals surface area contributed by atoms with E-state index < -0.39 is 17.0 Å². The largest absolute Gasteiger partial charge is 0.320 e. The number of rotatable bonds is 4. The van der Waals surface area contributed by atoms with Crippen LogP contribution in [0.1, 0.15) is 12.4 Å². The lowest BCUT2D eigenvalue weighted by atomic mass is 10.2. The van der Waals surface area contributed by atoms with Crippen molar-refractivity contribution in [2.75, 3.05) is 0 Å². The molecule has 4 aromatic rings. The van der Waals surface area contributed by atoms with Crippen molar-refractivity contribution < 1.29 is 13.7 Å². The van der Waals surface area contributed by atoms with E-state index in [9.17, 15) is 23.7 Å². The molecule has 27 heavy (non-hydrogen) atoms. The molecule has 0 aliphatic rings. The van der Waals surface area contributed by atoms with Crippen molar-refractivity contribution in [2.24, 2.45) is 0 Å². The average Bonchev–Trinajstić information content (AvgIpc) is 3.01. The first kappa shape index (κ1) is 16.8. The Labute approximate surface area is 149 Å². The van der Waals surface area contributed by atoms with Crippen LogP contribution in [0.15, 0.2) is 53.6 Å². The zero-order valence-electron chi connectivity index (χ0n) is 13.6. The van der Waals surface area contributed by atoms with Crippen LogP contribution >= 0.6 is 0 Å². The van der Waals surface area contributed by atoms with Gasteiger partial charge in [0.15, 0.2) is 0 Å². The molecule has 0 bridgehead atoms. The predicted molar refractivity (Wildman–Crippen MR) is 92.7 cm³/mol. The number of halogens is 2. The molecule has 136 valence electrons. The van der Waals surface area contributed by atoms with Crippen LogP contribution in [0.5, 0.6) is 0 Å². The van der Waals surface area contributed by atoms with Gasteiger partial charge < -0.3 is 0 Å². The van der Waals surface area contributed by atoms with Gasteiger partial charge in [0, 0.05) is 12.1 Å². The Morgan fingerprint density at radius 2 is 1.93 bits per heavy atom. The number of alkyl halides is 2. The quantitative estimate of drug-likeness (QED) is 0.406. The zero-order chi connectivity index (χ0) is 19.1. The third-order valence-corrected chi connectivity index (χ3v) is 4.20. The van der Waals surface area contributed by atoms with Crippen LogP contribution in [-0.4, -0.2) is 24.0 Å². The maximum Gasteiger partial charge on any atom is 0.320 e. The van der Waals surface area contributed by atoms with Crippen molar-refractivity contribution in [1.82, 2.24) is 19.1 Å². The molecule has 10 heteroatoms. The van der Waals surface area contributed by atoms with Crippen molar-refractivity contribution in [2.45, 2.75) is 13.1 Å². The molecule has 0 radical (unpaired) electrons. The minimum absolute atomic E-state index is 0.0105. The minimum Gasteiger partial charge on any atom is -0.291 e. The first-order chi connectivity index (χ1) is 13.0. The summed E-state index contributed by atoms with van der Waals surface area (Å²) in [6.07, 6.45) is 1.17. The molecule has 0 unspecified atom stereocenters. The fourth-order valence-corrected chi connectivity index (χ4v) is 2.95. The highest BCUT2D eigenvalue weighted by molar-refractivity contribution is 5.80.